The third-order valence-electron chi connectivity index (χ3n) is 3.66. The maximum atomic E-state index is 12.5. The van der Waals surface area contributed by atoms with E-state index in [4.69, 9.17) is 5.73 Å². The van der Waals surface area contributed by atoms with Gasteiger partial charge in [0.2, 0.25) is 10.0 Å². The fourth-order valence-corrected chi connectivity index (χ4v) is 4.04. The number of rotatable bonds is 2. The minimum Gasteiger partial charge on any atom is -0.326 e. The number of pyridine rings is 1. The number of fused-ring (bicyclic) bond motifs is 1. The van der Waals surface area contributed by atoms with Gasteiger partial charge in [-0.25, -0.2) is 13.4 Å². The van der Waals surface area contributed by atoms with Gasteiger partial charge < -0.3 is 5.73 Å². The molecule has 1 fully saturated rings. The van der Waals surface area contributed by atoms with Crippen LogP contribution < -0.4 is 5.73 Å². The second kappa shape index (κ2) is 4.51. The van der Waals surface area contributed by atoms with Crippen LogP contribution in [0.25, 0.3) is 11.0 Å². The number of aromatic nitrogens is 3. The van der Waals surface area contributed by atoms with Crippen LogP contribution in [0, 0.1) is 6.92 Å². The van der Waals surface area contributed by atoms with Gasteiger partial charge in [0.15, 0.2) is 5.65 Å². The van der Waals surface area contributed by atoms with Crippen molar-refractivity contribution in [3.8, 4) is 0 Å². The maximum absolute atomic E-state index is 12.5. The molecule has 20 heavy (non-hydrogen) atoms. The molecule has 8 heteroatoms. The lowest BCUT2D eigenvalue weighted by Crippen LogP contribution is -2.32. The van der Waals surface area contributed by atoms with Crippen LogP contribution in [0.4, 0.5) is 0 Å². The average molecular weight is 295 g/mol. The van der Waals surface area contributed by atoms with Gasteiger partial charge >= 0.3 is 0 Å². The third kappa shape index (κ3) is 2.00. The second-order valence-electron chi connectivity index (χ2n) is 5.16. The van der Waals surface area contributed by atoms with Crippen molar-refractivity contribution in [2.45, 2.75) is 24.3 Å². The van der Waals surface area contributed by atoms with E-state index in [1.165, 1.54) is 10.5 Å². The second-order valence-corrected chi connectivity index (χ2v) is 7.10. The minimum absolute atomic E-state index is 0.0819. The molecule has 108 valence electrons. The van der Waals surface area contributed by atoms with Crippen molar-refractivity contribution in [2.24, 2.45) is 12.8 Å². The van der Waals surface area contributed by atoms with Gasteiger partial charge in [0.05, 0.1) is 5.69 Å². The minimum atomic E-state index is -3.52. The molecule has 0 unspecified atom stereocenters. The summed E-state index contributed by atoms with van der Waals surface area (Å²) in [4.78, 5) is 4.43. The number of hydrogen-bond donors (Lipinski definition) is 1. The quantitative estimate of drug-likeness (QED) is 0.841. The highest BCUT2D eigenvalue weighted by Crippen LogP contribution is 2.24. The fraction of sp³-hybridized carbons (Fsp3) is 0.500. The normalized spacial score (nSPS) is 20.9. The van der Waals surface area contributed by atoms with E-state index < -0.39 is 10.0 Å². The summed E-state index contributed by atoms with van der Waals surface area (Å²) in [5.41, 5.74) is 7.23. The van der Waals surface area contributed by atoms with E-state index in [2.05, 4.69) is 10.1 Å². The zero-order valence-electron chi connectivity index (χ0n) is 11.4. The molecule has 0 bridgehead atoms. The molecule has 0 radical (unpaired) electrons. The van der Waals surface area contributed by atoms with Gasteiger partial charge in [-0.2, -0.15) is 9.40 Å². The monoisotopic (exact) mass is 295 g/mol. The Hall–Kier alpha value is -1.51. The summed E-state index contributed by atoms with van der Waals surface area (Å²) in [6.07, 6.45) is 2.09. The molecule has 0 amide bonds. The van der Waals surface area contributed by atoms with Gasteiger partial charge in [-0.05, 0) is 19.4 Å². The average Bonchev–Trinajstić information content (AvgIpc) is 2.95. The number of sulfonamides is 1. The van der Waals surface area contributed by atoms with Crippen molar-refractivity contribution in [3.05, 3.63) is 18.0 Å². The van der Waals surface area contributed by atoms with Crippen LogP contribution in [-0.4, -0.2) is 46.6 Å². The Labute approximate surface area is 117 Å². The molecule has 1 aliphatic rings. The molecule has 2 aromatic rings. The number of aryl methyl sites for hydroxylation is 2. The lowest BCUT2D eigenvalue weighted by Gasteiger charge is -2.15. The molecule has 1 saturated heterocycles. The van der Waals surface area contributed by atoms with E-state index in [1.807, 2.05) is 6.92 Å². The van der Waals surface area contributed by atoms with Crippen LogP contribution in [0.1, 0.15) is 12.1 Å². The van der Waals surface area contributed by atoms with Crippen molar-refractivity contribution in [2.75, 3.05) is 13.1 Å². The Balaban J connectivity index is 2.08. The lowest BCUT2D eigenvalue weighted by molar-refractivity contribution is 0.472. The SMILES string of the molecule is Cc1nn(C)c2ncc(S(=O)(=O)N3CC[C@@H](N)C3)cc12. The zero-order valence-corrected chi connectivity index (χ0v) is 12.3. The van der Waals surface area contributed by atoms with Gasteiger partial charge in [-0.3, -0.25) is 4.68 Å². The number of hydrogen-bond acceptors (Lipinski definition) is 5. The molecule has 0 aliphatic carbocycles. The Morgan fingerprint density at radius 3 is 2.85 bits per heavy atom. The van der Waals surface area contributed by atoms with E-state index in [1.54, 1.807) is 17.8 Å². The van der Waals surface area contributed by atoms with Gasteiger partial charge in [-0.1, -0.05) is 0 Å². The van der Waals surface area contributed by atoms with Crippen LogP contribution in [-0.2, 0) is 17.1 Å². The first-order valence-corrected chi connectivity index (χ1v) is 7.88. The van der Waals surface area contributed by atoms with Crippen molar-refractivity contribution >= 4 is 21.1 Å². The van der Waals surface area contributed by atoms with Crippen molar-refractivity contribution < 1.29 is 8.42 Å². The Bertz CT molecular complexity index is 767. The Kier molecular flexibility index (Phi) is 3.03. The fourth-order valence-electron chi connectivity index (χ4n) is 2.55. The molecule has 0 aromatic carbocycles. The summed E-state index contributed by atoms with van der Waals surface area (Å²) in [7, 11) is -1.73. The summed E-state index contributed by atoms with van der Waals surface area (Å²) in [5, 5.41) is 5.01. The predicted octanol–water partition coefficient (Wildman–Crippen LogP) is -0.00158. The van der Waals surface area contributed by atoms with Gasteiger partial charge in [-0.15, -0.1) is 0 Å². The van der Waals surface area contributed by atoms with Crippen LogP contribution in [0.15, 0.2) is 17.2 Å². The zero-order chi connectivity index (χ0) is 14.5. The van der Waals surface area contributed by atoms with E-state index >= 15 is 0 Å². The predicted molar refractivity (Wildman–Crippen MR) is 74.6 cm³/mol. The van der Waals surface area contributed by atoms with E-state index in [0.717, 1.165) is 11.1 Å². The summed E-state index contributed by atoms with van der Waals surface area (Å²) < 4.78 is 28.2. The molecular formula is C12H17N5O2S. The van der Waals surface area contributed by atoms with Crippen molar-refractivity contribution in [1.29, 1.82) is 0 Å². The molecule has 0 saturated carbocycles. The first kappa shape index (κ1) is 13.5. The molecule has 1 aliphatic heterocycles. The highest BCUT2D eigenvalue weighted by atomic mass is 32.2. The summed E-state index contributed by atoms with van der Waals surface area (Å²) in [6.45, 7) is 2.67. The first-order chi connectivity index (χ1) is 9.39. The number of nitrogens with zero attached hydrogens (tertiary/aromatic N) is 4. The molecule has 1 atom stereocenters. The largest absolute Gasteiger partial charge is 0.326 e. The number of nitrogens with two attached hydrogens (primary N) is 1. The van der Waals surface area contributed by atoms with E-state index in [-0.39, 0.29) is 10.9 Å². The van der Waals surface area contributed by atoms with Crippen LogP contribution in [0.3, 0.4) is 0 Å². The molecule has 2 N–H and O–H groups in total. The van der Waals surface area contributed by atoms with E-state index in [0.29, 0.717) is 25.2 Å². The topological polar surface area (TPSA) is 94.1 Å². The standard InChI is InChI=1S/C12H17N5O2S/c1-8-11-5-10(6-14-12(11)16(2)15-8)20(18,19)17-4-3-9(13)7-17/h5-6,9H,3-4,7,13H2,1-2H3/t9-/m1/s1. The molecule has 7 nitrogen and oxygen atoms in total. The summed E-state index contributed by atoms with van der Waals surface area (Å²) in [5.74, 6) is 0. The highest BCUT2D eigenvalue weighted by Gasteiger charge is 2.31. The highest BCUT2D eigenvalue weighted by molar-refractivity contribution is 7.89. The summed E-state index contributed by atoms with van der Waals surface area (Å²) in [6, 6.07) is 1.56. The van der Waals surface area contributed by atoms with E-state index in [9.17, 15) is 8.42 Å². The van der Waals surface area contributed by atoms with Gasteiger partial charge in [0, 0.05) is 37.8 Å². The molecule has 0 spiro atoms. The Morgan fingerprint density at radius 1 is 1.45 bits per heavy atom. The molecular weight excluding hydrogens is 278 g/mol. The lowest BCUT2D eigenvalue weighted by atomic mass is 10.3. The molecule has 3 heterocycles. The maximum Gasteiger partial charge on any atom is 0.244 e. The van der Waals surface area contributed by atoms with Crippen LogP contribution >= 0.6 is 0 Å². The Morgan fingerprint density at radius 2 is 2.20 bits per heavy atom. The van der Waals surface area contributed by atoms with Crippen molar-refractivity contribution in [1.82, 2.24) is 19.1 Å². The van der Waals surface area contributed by atoms with Crippen molar-refractivity contribution in [3.63, 3.8) is 0 Å². The van der Waals surface area contributed by atoms with Crippen LogP contribution in [0.5, 0.6) is 0 Å². The molecule has 3 rings (SSSR count). The van der Waals surface area contributed by atoms with Gasteiger partial charge in [0.25, 0.3) is 0 Å². The van der Waals surface area contributed by atoms with Gasteiger partial charge in [0.1, 0.15) is 4.90 Å². The third-order valence-corrected chi connectivity index (χ3v) is 5.49. The first-order valence-electron chi connectivity index (χ1n) is 6.44. The summed E-state index contributed by atoms with van der Waals surface area (Å²) >= 11 is 0. The van der Waals surface area contributed by atoms with Crippen LogP contribution in [0.2, 0.25) is 0 Å². The smallest absolute Gasteiger partial charge is 0.244 e. The molecule has 2 aromatic heterocycles.